The number of aromatic nitrogens is 2. The third-order valence-corrected chi connectivity index (χ3v) is 4.16. The zero-order valence-electron chi connectivity index (χ0n) is 13.7. The zero-order chi connectivity index (χ0) is 16.5. The van der Waals surface area contributed by atoms with Crippen LogP contribution in [0.1, 0.15) is 43.3 Å². The maximum atomic E-state index is 11.8. The standard InChI is InChI=1S/C20H22N2O/c1-19(2,3)16-11-7-8-12-17(16)20(23,18-21-13-14-22-18)15-9-5-4-6-10-15/h4-14,23H,1-3H3,(H,21,22). The van der Waals surface area contributed by atoms with E-state index in [1.807, 2.05) is 48.5 Å². The van der Waals surface area contributed by atoms with Crippen molar-refractivity contribution in [2.24, 2.45) is 0 Å². The molecule has 0 saturated heterocycles. The lowest BCUT2D eigenvalue weighted by Gasteiger charge is -2.33. The molecule has 2 aromatic carbocycles. The average molecular weight is 306 g/mol. The van der Waals surface area contributed by atoms with Crippen LogP contribution in [0.4, 0.5) is 0 Å². The minimum atomic E-state index is -1.31. The fraction of sp³-hybridized carbons (Fsp3) is 0.250. The van der Waals surface area contributed by atoms with Gasteiger partial charge in [0.05, 0.1) is 0 Å². The van der Waals surface area contributed by atoms with Gasteiger partial charge in [-0.05, 0) is 22.1 Å². The van der Waals surface area contributed by atoms with Crippen molar-refractivity contribution in [1.29, 1.82) is 0 Å². The Kier molecular flexibility index (Phi) is 3.82. The van der Waals surface area contributed by atoms with E-state index in [0.29, 0.717) is 5.82 Å². The van der Waals surface area contributed by atoms with Crippen LogP contribution in [0.15, 0.2) is 67.0 Å². The molecule has 23 heavy (non-hydrogen) atoms. The Labute approximate surface area is 137 Å². The van der Waals surface area contributed by atoms with E-state index < -0.39 is 5.60 Å². The highest BCUT2D eigenvalue weighted by Gasteiger charge is 2.39. The molecule has 0 radical (unpaired) electrons. The molecule has 1 heterocycles. The molecular weight excluding hydrogens is 284 g/mol. The van der Waals surface area contributed by atoms with Gasteiger partial charge in [0.25, 0.3) is 0 Å². The number of hydrogen-bond donors (Lipinski definition) is 2. The fourth-order valence-electron chi connectivity index (χ4n) is 3.01. The van der Waals surface area contributed by atoms with Gasteiger partial charge in [-0.25, -0.2) is 4.98 Å². The van der Waals surface area contributed by atoms with E-state index in [9.17, 15) is 5.11 Å². The van der Waals surface area contributed by atoms with Crippen molar-refractivity contribution in [3.63, 3.8) is 0 Å². The summed E-state index contributed by atoms with van der Waals surface area (Å²) in [6.45, 7) is 6.46. The van der Waals surface area contributed by atoms with Gasteiger partial charge in [0.15, 0.2) is 5.60 Å². The van der Waals surface area contributed by atoms with Gasteiger partial charge >= 0.3 is 0 Å². The van der Waals surface area contributed by atoms with Gasteiger partial charge in [0, 0.05) is 12.4 Å². The monoisotopic (exact) mass is 306 g/mol. The summed E-state index contributed by atoms with van der Waals surface area (Å²) in [7, 11) is 0. The highest BCUT2D eigenvalue weighted by atomic mass is 16.3. The number of nitrogens with zero attached hydrogens (tertiary/aromatic N) is 1. The lowest BCUT2D eigenvalue weighted by Crippen LogP contribution is -2.33. The predicted molar refractivity (Wildman–Crippen MR) is 92.3 cm³/mol. The molecule has 2 N–H and O–H groups in total. The normalized spacial score (nSPS) is 14.4. The Morgan fingerprint density at radius 2 is 1.48 bits per heavy atom. The maximum Gasteiger partial charge on any atom is 0.173 e. The molecule has 0 saturated carbocycles. The van der Waals surface area contributed by atoms with Crippen molar-refractivity contribution < 1.29 is 5.11 Å². The number of rotatable bonds is 3. The second kappa shape index (κ2) is 5.67. The molecular formula is C20H22N2O. The summed E-state index contributed by atoms with van der Waals surface area (Å²) in [6.07, 6.45) is 3.41. The van der Waals surface area contributed by atoms with Crippen LogP contribution in [-0.2, 0) is 11.0 Å². The van der Waals surface area contributed by atoms with E-state index in [1.165, 1.54) is 0 Å². The van der Waals surface area contributed by atoms with Crippen molar-refractivity contribution in [3.05, 3.63) is 89.5 Å². The number of aromatic amines is 1. The van der Waals surface area contributed by atoms with Crippen LogP contribution in [-0.4, -0.2) is 15.1 Å². The average Bonchev–Trinajstić information content (AvgIpc) is 3.09. The fourth-order valence-corrected chi connectivity index (χ4v) is 3.01. The minimum Gasteiger partial charge on any atom is -0.373 e. The zero-order valence-corrected chi connectivity index (χ0v) is 13.7. The number of hydrogen-bond acceptors (Lipinski definition) is 2. The molecule has 0 bridgehead atoms. The first-order valence-corrected chi connectivity index (χ1v) is 7.82. The first-order valence-electron chi connectivity index (χ1n) is 7.82. The SMILES string of the molecule is CC(C)(C)c1ccccc1C(O)(c1ccccc1)c1ncc[nH]1. The second-order valence-corrected chi connectivity index (χ2v) is 6.81. The van der Waals surface area contributed by atoms with Crippen LogP contribution in [0.2, 0.25) is 0 Å². The van der Waals surface area contributed by atoms with Crippen LogP contribution in [0.5, 0.6) is 0 Å². The highest BCUT2D eigenvalue weighted by Crippen LogP contribution is 2.40. The largest absolute Gasteiger partial charge is 0.373 e. The molecule has 1 atom stereocenters. The third-order valence-electron chi connectivity index (χ3n) is 4.16. The quantitative estimate of drug-likeness (QED) is 0.768. The first-order chi connectivity index (χ1) is 10.9. The summed E-state index contributed by atoms with van der Waals surface area (Å²) in [4.78, 5) is 7.45. The van der Waals surface area contributed by atoms with E-state index >= 15 is 0 Å². The van der Waals surface area contributed by atoms with Gasteiger partial charge in [-0.2, -0.15) is 0 Å². The second-order valence-electron chi connectivity index (χ2n) is 6.81. The minimum absolute atomic E-state index is 0.0913. The van der Waals surface area contributed by atoms with Crippen molar-refractivity contribution in [1.82, 2.24) is 9.97 Å². The molecule has 1 unspecified atom stereocenters. The van der Waals surface area contributed by atoms with E-state index in [4.69, 9.17) is 0 Å². The van der Waals surface area contributed by atoms with Crippen molar-refractivity contribution in [2.75, 3.05) is 0 Å². The van der Waals surface area contributed by atoms with Gasteiger partial charge in [-0.3, -0.25) is 0 Å². The number of benzene rings is 2. The van der Waals surface area contributed by atoms with E-state index in [1.54, 1.807) is 12.4 Å². The molecule has 118 valence electrons. The molecule has 0 aliphatic carbocycles. The summed E-state index contributed by atoms with van der Waals surface area (Å²) in [6, 6.07) is 17.7. The topological polar surface area (TPSA) is 48.9 Å². The molecule has 3 aromatic rings. The molecule has 0 amide bonds. The Hall–Kier alpha value is -2.39. The molecule has 3 heteroatoms. The predicted octanol–water partition coefficient (Wildman–Crippen LogP) is 3.99. The number of nitrogens with one attached hydrogen (secondary N) is 1. The Morgan fingerprint density at radius 1 is 0.870 bits per heavy atom. The molecule has 0 aliphatic heterocycles. The van der Waals surface area contributed by atoms with Crippen molar-refractivity contribution >= 4 is 0 Å². The van der Waals surface area contributed by atoms with Crippen LogP contribution in [0.3, 0.4) is 0 Å². The van der Waals surface area contributed by atoms with Crippen LogP contribution in [0.25, 0.3) is 0 Å². The first kappa shape index (κ1) is 15.5. The lowest BCUT2D eigenvalue weighted by molar-refractivity contribution is 0.114. The van der Waals surface area contributed by atoms with Crippen LogP contribution in [0, 0.1) is 0 Å². The van der Waals surface area contributed by atoms with Gasteiger partial charge < -0.3 is 10.1 Å². The van der Waals surface area contributed by atoms with Crippen LogP contribution >= 0.6 is 0 Å². The van der Waals surface area contributed by atoms with E-state index in [-0.39, 0.29) is 5.41 Å². The van der Waals surface area contributed by atoms with E-state index in [2.05, 4.69) is 36.8 Å². The third kappa shape index (κ3) is 2.68. The molecule has 3 nitrogen and oxygen atoms in total. The van der Waals surface area contributed by atoms with Gasteiger partial charge in [-0.1, -0.05) is 75.4 Å². The smallest absolute Gasteiger partial charge is 0.173 e. The maximum absolute atomic E-state index is 11.8. The number of H-pyrrole nitrogens is 1. The molecule has 1 aromatic heterocycles. The number of imidazole rings is 1. The summed E-state index contributed by atoms with van der Waals surface area (Å²) in [5, 5.41) is 11.8. The van der Waals surface area contributed by atoms with Gasteiger partial charge in [0.1, 0.15) is 5.82 Å². The highest BCUT2D eigenvalue weighted by molar-refractivity contribution is 5.48. The van der Waals surface area contributed by atoms with Gasteiger partial charge in [0.2, 0.25) is 0 Å². The molecule has 3 rings (SSSR count). The van der Waals surface area contributed by atoms with Gasteiger partial charge in [-0.15, -0.1) is 0 Å². The van der Waals surface area contributed by atoms with Crippen molar-refractivity contribution in [2.45, 2.75) is 31.8 Å². The van der Waals surface area contributed by atoms with E-state index in [0.717, 1.165) is 16.7 Å². The molecule has 0 fully saturated rings. The molecule has 0 spiro atoms. The Morgan fingerprint density at radius 3 is 2.04 bits per heavy atom. The lowest BCUT2D eigenvalue weighted by atomic mass is 9.75. The van der Waals surface area contributed by atoms with Crippen molar-refractivity contribution in [3.8, 4) is 0 Å². The Balaban J connectivity index is 2.31. The summed E-state index contributed by atoms with van der Waals surface area (Å²) in [5.41, 5.74) is 1.35. The number of aliphatic hydroxyl groups is 1. The summed E-state index contributed by atoms with van der Waals surface area (Å²) < 4.78 is 0. The Bertz CT molecular complexity index is 773. The summed E-state index contributed by atoms with van der Waals surface area (Å²) in [5.74, 6) is 0.528. The van der Waals surface area contributed by atoms with Crippen LogP contribution < -0.4 is 0 Å². The summed E-state index contributed by atoms with van der Waals surface area (Å²) >= 11 is 0. The molecule has 0 aliphatic rings.